The van der Waals surface area contributed by atoms with Gasteiger partial charge in [-0.05, 0) is 57.9 Å². The highest BCUT2D eigenvalue weighted by atomic mass is 16.2. The molecule has 0 saturated carbocycles. The first-order chi connectivity index (χ1) is 15.9. The molecule has 10 heteroatoms. The summed E-state index contributed by atoms with van der Waals surface area (Å²) >= 11 is 0. The fourth-order valence-electron chi connectivity index (χ4n) is 4.05. The van der Waals surface area contributed by atoms with Crippen molar-refractivity contribution in [2.45, 2.75) is 45.2 Å². The van der Waals surface area contributed by atoms with Crippen molar-refractivity contribution in [2.75, 3.05) is 16.8 Å². The number of pyridine rings is 1. The Labute approximate surface area is 191 Å². The number of hydrogen-bond acceptors (Lipinski definition) is 7. The van der Waals surface area contributed by atoms with Gasteiger partial charge in [-0.15, -0.1) is 0 Å². The van der Waals surface area contributed by atoms with E-state index in [4.69, 9.17) is 9.97 Å². The number of rotatable bonds is 5. The smallest absolute Gasteiger partial charge is 0.269 e. The fraction of sp³-hybridized carbons (Fsp3) is 0.348. The minimum absolute atomic E-state index is 0.134. The van der Waals surface area contributed by atoms with E-state index in [-0.39, 0.29) is 17.5 Å². The summed E-state index contributed by atoms with van der Waals surface area (Å²) in [6, 6.07) is 11.6. The Bertz CT molecular complexity index is 1270. The van der Waals surface area contributed by atoms with Crippen LogP contribution in [0.4, 0.5) is 17.7 Å². The molecule has 1 fully saturated rings. The Morgan fingerprint density at radius 1 is 1.18 bits per heavy atom. The van der Waals surface area contributed by atoms with Crippen LogP contribution in [-0.4, -0.2) is 47.5 Å². The summed E-state index contributed by atoms with van der Waals surface area (Å²) in [7, 11) is 0. The van der Waals surface area contributed by atoms with Gasteiger partial charge in [0, 0.05) is 30.5 Å². The molecule has 4 aromatic heterocycles. The molecule has 1 aliphatic heterocycles. The van der Waals surface area contributed by atoms with E-state index in [0.29, 0.717) is 23.4 Å². The van der Waals surface area contributed by atoms with E-state index in [1.165, 1.54) is 0 Å². The van der Waals surface area contributed by atoms with Crippen molar-refractivity contribution in [1.82, 2.24) is 34.9 Å². The summed E-state index contributed by atoms with van der Waals surface area (Å²) in [5, 5.41) is 13.2. The number of carbonyl (C=O) groups is 1. The Morgan fingerprint density at radius 2 is 2.06 bits per heavy atom. The lowest BCUT2D eigenvalue weighted by atomic mass is 10.1. The van der Waals surface area contributed by atoms with E-state index in [0.717, 1.165) is 30.7 Å². The summed E-state index contributed by atoms with van der Waals surface area (Å²) in [5.41, 5.74) is 1.83. The number of nitrogens with one attached hydrogen (secondary N) is 3. The van der Waals surface area contributed by atoms with Gasteiger partial charge >= 0.3 is 0 Å². The lowest BCUT2D eigenvalue weighted by Crippen LogP contribution is -2.40. The highest BCUT2D eigenvalue weighted by Gasteiger charge is 2.30. The summed E-state index contributed by atoms with van der Waals surface area (Å²) < 4.78 is 1.86. The van der Waals surface area contributed by atoms with Crippen LogP contribution in [0.1, 0.15) is 55.8 Å². The van der Waals surface area contributed by atoms with Gasteiger partial charge in [0.1, 0.15) is 11.3 Å². The number of nitrogens with zero attached hydrogens (tertiary/aromatic N) is 6. The molecule has 33 heavy (non-hydrogen) atoms. The molecule has 1 unspecified atom stereocenters. The number of H-pyrrole nitrogens is 1. The summed E-state index contributed by atoms with van der Waals surface area (Å²) in [6.45, 7) is 6.66. The van der Waals surface area contributed by atoms with Gasteiger partial charge in [0.25, 0.3) is 5.91 Å². The molecule has 5 heterocycles. The molecule has 0 aliphatic carbocycles. The topological polar surface area (TPSA) is 116 Å². The predicted molar refractivity (Wildman–Crippen MR) is 126 cm³/mol. The molecule has 5 rings (SSSR count). The summed E-state index contributed by atoms with van der Waals surface area (Å²) in [5.74, 6) is 1.49. The van der Waals surface area contributed by atoms with Gasteiger partial charge in [-0.3, -0.25) is 19.3 Å². The van der Waals surface area contributed by atoms with Crippen molar-refractivity contribution in [1.29, 1.82) is 0 Å². The zero-order valence-corrected chi connectivity index (χ0v) is 18.9. The monoisotopic (exact) mass is 445 g/mol. The van der Waals surface area contributed by atoms with Crippen LogP contribution in [-0.2, 0) is 0 Å². The van der Waals surface area contributed by atoms with E-state index < -0.39 is 0 Å². The quantitative estimate of drug-likeness (QED) is 0.431. The second-order valence-electron chi connectivity index (χ2n) is 9.19. The van der Waals surface area contributed by atoms with E-state index >= 15 is 0 Å². The minimum Gasteiger partial charge on any atom is -0.346 e. The van der Waals surface area contributed by atoms with Crippen LogP contribution in [0.3, 0.4) is 0 Å². The lowest BCUT2D eigenvalue weighted by molar-refractivity contribution is 0.0914. The molecular weight excluding hydrogens is 418 g/mol. The Kier molecular flexibility index (Phi) is 5.20. The third kappa shape index (κ3) is 4.36. The molecule has 1 amide bonds. The highest BCUT2D eigenvalue weighted by Crippen LogP contribution is 2.34. The molecule has 0 spiro atoms. The number of hydrogen-bond donors (Lipinski definition) is 3. The van der Waals surface area contributed by atoms with E-state index in [9.17, 15) is 4.79 Å². The largest absolute Gasteiger partial charge is 0.346 e. The Hall–Kier alpha value is -3.95. The number of aromatic amines is 1. The lowest BCUT2D eigenvalue weighted by Gasteiger charge is -2.24. The summed E-state index contributed by atoms with van der Waals surface area (Å²) in [4.78, 5) is 28.8. The molecule has 4 aromatic rings. The van der Waals surface area contributed by atoms with Crippen LogP contribution in [0.2, 0.25) is 0 Å². The maximum absolute atomic E-state index is 12.4. The summed E-state index contributed by atoms with van der Waals surface area (Å²) in [6.07, 6.45) is 5.76. The third-order valence-electron chi connectivity index (χ3n) is 5.47. The number of amides is 1. The van der Waals surface area contributed by atoms with Crippen molar-refractivity contribution in [3.8, 4) is 0 Å². The molecule has 10 nitrogen and oxygen atoms in total. The molecule has 0 radical (unpaired) electrons. The first-order valence-electron chi connectivity index (χ1n) is 11.0. The molecule has 0 bridgehead atoms. The average Bonchev–Trinajstić information content (AvgIpc) is 3.53. The number of fused-ring (bicyclic) bond motifs is 1. The van der Waals surface area contributed by atoms with Gasteiger partial charge in [0.05, 0.1) is 11.7 Å². The zero-order chi connectivity index (χ0) is 23.0. The van der Waals surface area contributed by atoms with Gasteiger partial charge in [0.15, 0.2) is 5.82 Å². The van der Waals surface area contributed by atoms with E-state index in [2.05, 4.69) is 30.7 Å². The molecule has 0 aromatic carbocycles. The van der Waals surface area contributed by atoms with Gasteiger partial charge in [-0.25, -0.2) is 0 Å². The predicted octanol–water partition coefficient (Wildman–Crippen LogP) is 3.46. The SMILES string of the molecule is CC(C)(C)NC(=O)c1cc(Nc2nc(N3CCCC3c3ccccn3)nc3cccn23)n[nH]1. The maximum Gasteiger partial charge on any atom is 0.269 e. The molecule has 1 atom stereocenters. The second kappa shape index (κ2) is 8.19. The molecule has 170 valence electrons. The number of aromatic nitrogens is 6. The van der Waals surface area contributed by atoms with Gasteiger partial charge in [-0.1, -0.05) is 6.07 Å². The molecular formula is C23H27N9O. The zero-order valence-electron chi connectivity index (χ0n) is 18.9. The van der Waals surface area contributed by atoms with Crippen LogP contribution in [0.25, 0.3) is 5.65 Å². The standard InChI is InChI=1S/C23H27N9O/c1-23(2,3)28-20(33)16-14-18(30-29-16)25-21-27-22(26-19-10-7-13-32(19)21)31-12-6-9-17(31)15-8-4-5-11-24-15/h4-5,7-8,10-11,13-14,17H,6,9,12H2,1-3H3,(H,28,33)(H2,25,26,27,29,30). The van der Waals surface area contributed by atoms with Crippen molar-refractivity contribution < 1.29 is 4.79 Å². The highest BCUT2D eigenvalue weighted by molar-refractivity contribution is 5.93. The second-order valence-corrected chi connectivity index (χ2v) is 9.19. The van der Waals surface area contributed by atoms with Crippen molar-refractivity contribution in [2.24, 2.45) is 0 Å². The third-order valence-corrected chi connectivity index (χ3v) is 5.47. The van der Waals surface area contributed by atoms with Gasteiger partial charge in [0.2, 0.25) is 11.9 Å². The first-order valence-corrected chi connectivity index (χ1v) is 11.0. The van der Waals surface area contributed by atoms with E-state index in [1.54, 1.807) is 6.07 Å². The van der Waals surface area contributed by atoms with Crippen LogP contribution < -0.4 is 15.5 Å². The van der Waals surface area contributed by atoms with Crippen molar-refractivity contribution in [3.63, 3.8) is 0 Å². The molecule has 1 saturated heterocycles. The fourth-order valence-corrected chi connectivity index (χ4v) is 4.05. The van der Waals surface area contributed by atoms with Gasteiger partial charge < -0.3 is 15.5 Å². The van der Waals surface area contributed by atoms with Crippen LogP contribution in [0, 0.1) is 0 Å². The van der Waals surface area contributed by atoms with E-state index in [1.807, 2.05) is 67.9 Å². The minimum atomic E-state index is -0.339. The Morgan fingerprint density at radius 3 is 2.85 bits per heavy atom. The molecule has 3 N–H and O–H groups in total. The number of anilines is 3. The first kappa shape index (κ1) is 20.9. The van der Waals surface area contributed by atoms with Crippen LogP contribution >= 0.6 is 0 Å². The van der Waals surface area contributed by atoms with Crippen LogP contribution in [0.15, 0.2) is 48.8 Å². The van der Waals surface area contributed by atoms with Gasteiger partial charge in [-0.2, -0.15) is 15.1 Å². The number of carbonyl (C=O) groups excluding carboxylic acids is 1. The Balaban J connectivity index is 1.44. The molecule has 1 aliphatic rings. The van der Waals surface area contributed by atoms with Crippen molar-refractivity contribution >= 4 is 29.3 Å². The average molecular weight is 446 g/mol. The normalized spacial score (nSPS) is 16.3. The van der Waals surface area contributed by atoms with Crippen molar-refractivity contribution in [3.05, 3.63) is 60.2 Å². The maximum atomic E-state index is 12.4. The van der Waals surface area contributed by atoms with Crippen LogP contribution in [0.5, 0.6) is 0 Å².